The van der Waals surface area contributed by atoms with Crippen LogP contribution in [0.15, 0.2) is 23.3 Å². The first-order valence-electron chi connectivity index (χ1n) is 5.97. The summed E-state index contributed by atoms with van der Waals surface area (Å²) in [6.45, 7) is 4.45. The van der Waals surface area contributed by atoms with Crippen molar-refractivity contribution in [3.05, 3.63) is 39.8 Å². The van der Waals surface area contributed by atoms with Crippen LogP contribution >= 0.6 is 0 Å². The molecule has 0 radical (unpaired) electrons. The van der Waals surface area contributed by atoms with Gasteiger partial charge in [0, 0.05) is 11.5 Å². The van der Waals surface area contributed by atoms with Gasteiger partial charge in [-0.1, -0.05) is 25.0 Å². The van der Waals surface area contributed by atoms with Gasteiger partial charge in [-0.25, -0.2) is 0 Å². The molecule has 0 saturated carbocycles. The zero-order valence-electron chi connectivity index (χ0n) is 11.0. The van der Waals surface area contributed by atoms with Crippen molar-refractivity contribution in [3.63, 3.8) is 0 Å². The molecule has 1 aromatic carbocycles. The molecule has 0 amide bonds. The lowest BCUT2D eigenvalue weighted by Gasteiger charge is -2.16. The van der Waals surface area contributed by atoms with Gasteiger partial charge in [-0.05, 0) is 41.1 Å². The molecule has 0 spiro atoms. The fraction of sp³-hybridized carbons (Fsp3) is 0.538. The SMILES string of the molecule is COc1ccc(C(O)CCN=[N+]=[N-])cc1C(C)C. The van der Waals surface area contributed by atoms with Crippen molar-refractivity contribution in [3.8, 4) is 5.75 Å². The molecule has 0 bridgehead atoms. The van der Waals surface area contributed by atoms with Crippen LogP contribution in [0, 0.1) is 0 Å². The summed E-state index contributed by atoms with van der Waals surface area (Å²) in [6, 6.07) is 5.65. The van der Waals surface area contributed by atoms with E-state index in [0.717, 1.165) is 16.9 Å². The molecule has 18 heavy (non-hydrogen) atoms. The normalized spacial score (nSPS) is 12.1. The smallest absolute Gasteiger partial charge is 0.122 e. The Labute approximate surface area is 107 Å². The van der Waals surface area contributed by atoms with Crippen LogP contribution in [0.5, 0.6) is 5.75 Å². The Morgan fingerprint density at radius 1 is 1.44 bits per heavy atom. The van der Waals surface area contributed by atoms with Gasteiger partial charge in [0.15, 0.2) is 0 Å². The third-order valence-electron chi connectivity index (χ3n) is 2.83. The van der Waals surface area contributed by atoms with Crippen molar-refractivity contribution in [2.75, 3.05) is 13.7 Å². The fourth-order valence-corrected chi connectivity index (χ4v) is 1.80. The van der Waals surface area contributed by atoms with Gasteiger partial charge in [0.2, 0.25) is 0 Å². The first kappa shape index (κ1) is 14.4. The molecule has 0 aliphatic heterocycles. The molecule has 5 heteroatoms. The summed E-state index contributed by atoms with van der Waals surface area (Å²) >= 11 is 0. The van der Waals surface area contributed by atoms with E-state index in [1.54, 1.807) is 7.11 Å². The molecule has 1 atom stereocenters. The molecular formula is C13H19N3O2. The molecule has 0 aliphatic rings. The minimum atomic E-state index is -0.612. The monoisotopic (exact) mass is 249 g/mol. The highest BCUT2D eigenvalue weighted by Gasteiger charge is 2.12. The average molecular weight is 249 g/mol. The number of nitrogens with zero attached hydrogens (tertiary/aromatic N) is 3. The lowest BCUT2D eigenvalue weighted by atomic mass is 9.96. The zero-order chi connectivity index (χ0) is 13.5. The van der Waals surface area contributed by atoms with E-state index in [-0.39, 0.29) is 0 Å². The van der Waals surface area contributed by atoms with Crippen LogP contribution in [-0.4, -0.2) is 18.8 Å². The van der Waals surface area contributed by atoms with Crippen LogP contribution in [0.25, 0.3) is 10.4 Å². The number of aliphatic hydroxyl groups excluding tert-OH is 1. The summed E-state index contributed by atoms with van der Waals surface area (Å²) in [7, 11) is 1.64. The van der Waals surface area contributed by atoms with Gasteiger partial charge in [-0.15, -0.1) is 0 Å². The van der Waals surface area contributed by atoms with Crippen LogP contribution in [0.4, 0.5) is 0 Å². The highest BCUT2D eigenvalue weighted by Crippen LogP contribution is 2.30. The number of ether oxygens (including phenoxy) is 1. The number of azide groups is 1. The second kappa shape index (κ2) is 6.89. The molecule has 0 heterocycles. The van der Waals surface area contributed by atoms with Gasteiger partial charge in [0.1, 0.15) is 5.75 Å². The molecule has 1 N–H and O–H groups in total. The minimum absolute atomic E-state index is 0.292. The fourth-order valence-electron chi connectivity index (χ4n) is 1.80. The highest BCUT2D eigenvalue weighted by molar-refractivity contribution is 5.40. The van der Waals surface area contributed by atoms with E-state index in [1.165, 1.54) is 0 Å². The quantitative estimate of drug-likeness (QED) is 0.475. The summed E-state index contributed by atoms with van der Waals surface area (Å²) in [5, 5.41) is 13.4. The maximum atomic E-state index is 9.99. The summed E-state index contributed by atoms with van der Waals surface area (Å²) in [6.07, 6.45) is -0.188. The predicted octanol–water partition coefficient (Wildman–Crippen LogP) is 3.55. The van der Waals surface area contributed by atoms with E-state index in [2.05, 4.69) is 23.9 Å². The summed E-state index contributed by atoms with van der Waals surface area (Å²) in [4.78, 5) is 2.67. The van der Waals surface area contributed by atoms with E-state index in [9.17, 15) is 5.11 Å². The lowest BCUT2D eigenvalue weighted by Crippen LogP contribution is -2.02. The van der Waals surface area contributed by atoms with Crippen molar-refractivity contribution >= 4 is 0 Å². The Balaban J connectivity index is 2.89. The Morgan fingerprint density at radius 3 is 2.72 bits per heavy atom. The average Bonchev–Trinajstić information content (AvgIpc) is 2.38. The van der Waals surface area contributed by atoms with E-state index < -0.39 is 6.10 Å². The van der Waals surface area contributed by atoms with Gasteiger partial charge in [0.05, 0.1) is 13.2 Å². The molecule has 0 saturated heterocycles. The van der Waals surface area contributed by atoms with Gasteiger partial charge < -0.3 is 9.84 Å². The molecule has 5 nitrogen and oxygen atoms in total. The van der Waals surface area contributed by atoms with Gasteiger partial charge in [-0.3, -0.25) is 0 Å². The molecule has 0 aromatic heterocycles. The summed E-state index contributed by atoms with van der Waals surface area (Å²) in [5.74, 6) is 1.15. The van der Waals surface area contributed by atoms with Crippen molar-refractivity contribution in [1.82, 2.24) is 0 Å². The van der Waals surface area contributed by atoms with Crippen LogP contribution in [0.2, 0.25) is 0 Å². The second-order valence-corrected chi connectivity index (χ2v) is 4.42. The van der Waals surface area contributed by atoms with Crippen LogP contribution in [0.1, 0.15) is 43.4 Å². The second-order valence-electron chi connectivity index (χ2n) is 4.42. The maximum Gasteiger partial charge on any atom is 0.122 e. The number of aliphatic hydroxyl groups is 1. The van der Waals surface area contributed by atoms with Crippen molar-refractivity contribution < 1.29 is 9.84 Å². The molecular weight excluding hydrogens is 230 g/mol. The van der Waals surface area contributed by atoms with Gasteiger partial charge in [0.25, 0.3) is 0 Å². The zero-order valence-corrected chi connectivity index (χ0v) is 11.0. The van der Waals surface area contributed by atoms with Crippen LogP contribution < -0.4 is 4.74 Å². The number of methoxy groups -OCH3 is 1. The van der Waals surface area contributed by atoms with E-state index in [4.69, 9.17) is 10.3 Å². The Hall–Kier alpha value is -1.71. The first-order valence-corrected chi connectivity index (χ1v) is 5.97. The minimum Gasteiger partial charge on any atom is -0.496 e. The molecule has 0 fully saturated rings. The van der Waals surface area contributed by atoms with E-state index in [1.807, 2.05) is 18.2 Å². The number of hydrogen-bond donors (Lipinski definition) is 1. The van der Waals surface area contributed by atoms with E-state index in [0.29, 0.717) is 18.9 Å². The molecule has 1 aromatic rings. The Bertz CT molecular complexity index is 440. The van der Waals surface area contributed by atoms with Crippen LogP contribution in [-0.2, 0) is 0 Å². The number of rotatable bonds is 6. The van der Waals surface area contributed by atoms with Crippen LogP contribution in [0.3, 0.4) is 0 Å². The lowest BCUT2D eigenvalue weighted by molar-refractivity contribution is 0.170. The van der Waals surface area contributed by atoms with E-state index >= 15 is 0 Å². The molecule has 1 rings (SSSR count). The summed E-state index contributed by atoms with van der Waals surface area (Å²) in [5.41, 5.74) is 10.1. The predicted molar refractivity (Wildman–Crippen MR) is 70.7 cm³/mol. The summed E-state index contributed by atoms with van der Waals surface area (Å²) < 4.78 is 5.29. The standard InChI is InChI=1S/C13H19N3O2/c1-9(2)11-8-10(4-5-13(11)18-3)12(17)6-7-15-16-14/h4-5,8-9,12,17H,6-7H2,1-3H3. The van der Waals surface area contributed by atoms with Crippen molar-refractivity contribution in [2.45, 2.75) is 32.3 Å². The highest BCUT2D eigenvalue weighted by atomic mass is 16.5. The van der Waals surface area contributed by atoms with Gasteiger partial charge >= 0.3 is 0 Å². The Morgan fingerprint density at radius 2 is 2.17 bits per heavy atom. The molecule has 1 unspecified atom stereocenters. The third kappa shape index (κ3) is 3.65. The topological polar surface area (TPSA) is 78.2 Å². The third-order valence-corrected chi connectivity index (χ3v) is 2.83. The molecule has 0 aliphatic carbocycles. The van der Waals surface area contributed by atoms with Crippen molar-refractivity contribution in [1.29, 1.82) is 0 Å². The van der Waals surface area contributed by atoms with Gasteiger partial charge in [-0.2, -0.15) is 0 Å². The maximum absolute atomic E-state index is 9.99. The number of benzene rings is 1. The molecule has 98 valence electrons. The van der Waals surface area contributed by atoms with Crippen molar-refractivity contribution in [2.24, 2.45) is 5.11 Å². The largest absolute Gasteiger partial charge is 0.496 e. The number of hydrogen-bond acceptors (Lipinski definition) is 3. The Kier molecular flexibility index (Phi) is 5.49. The first-order chi connectivity index (χ1) is 8.60.